The fourth-order valence-corrected chi connectivity index (χ4v) is 1.52. The molecular weight excluding hydrogens is 190 g/mol. The van der Waals surface area contributed by atoms with Crippen molar-refractivity contribution < 1.29 is 0 Å². The molecule has 0 saturated heterocycles. The molecule has 0 saturated carbocycles. The molecule has 0 fully saturated rings. The second-order valence-corrected chi connectivity index (χ2v) is 3.86. The van der Waals surface area contributed by atoms with Crippen molar-refractivity contribution in [1.29, 1.82) is 0 Å². The Bertz CT molecular complexity index is 269. The first-order valence-corrected chi connectivity index (χ1v) is 5.54. The molecule has 0 unspecified atom stereocenters. The monoisotopic (exact) mass is 207 g/mol. The molecule has 0 aliphatic rings. The number of nitrogens with one attached hydrogen (secondary N) is 1. The summed E-state index contributed by atoms with van der Waals surface area (Å²) < 4.78 is 0. The summed E-state index contributed by atoms with van der Waals surface area (Å²) in [6.07, 6.45) is 3.26. The van der Waals surface area contributed by atoms with Crippen molar-refractivity contribution in [2.24, 2.45) is 0 Å². The summed E-state index contributed by atoms with van der Waals surface area (Å²) >= 11 is 5.24. The fourth-order valence-electron chi connectivity index (χ4n) is 1.25. The first-order valence-electron chi connectivity index (χ1n) is 5.13. The van der Waals surface area contributed by atoms with E-state index >= 15 is 0 Å². The van der Waals surface area contributed by atoms with Gasteiger partial charge in [0.1, 0.15) is 0 Å². The van der Waals surface area contributed by atoms with Gasteiger partial charge in [-0.1, -0.05) is 55.9 Å². The number of rotatable bonds is 5. The topological polar surface area (TPSA) is 12.0 Å². The first kappa shape index (κ1) is 11.2. The minimum atomic E-state index is 0.861. The number of hydrogen-bond acceptors (Lipinski definition) is 1. The van der Waals surface area contributed by atoms with Gasteiger partial charge < -0.3 is 5.32 Å². The van der Waals surface area contributed by atoms with Crippen molar-refractivity contribution >= 4 is 17.2 Å². The molecule has 1 nitrogen and oxygen atoms in total. The molecule has 1 rings (SSSR count). The summed E-state index contributed by atoms with van der Waals surface area (Å²) in [6.45, 7) is 3.18. The molecule has 1 aromatic carbocycles. The van der Waals surface area contributed by atoms with Crippen LogP contribution in [0.4, 0.5) is 0 Å². The van der Waals surface area contributed by atoms with Gasteiger partial charge in [-0.05, 0) is 12.0 Å². The van der Waals surface area contributed by atoms with Crippen LogP contribution in [0.1, 0.15) is 25.3 Å². The van der Waals surface area contributed by atoms with E-state index in [0.29, 0.717) is 0 Å². The van der Waals surface area contributed by atoms with E-state index in [1.165, 1.54) is 18.4 Å². The lowest BCUT2D eigenvalue weighted by Crippen LogP contribution is -2.24. The molecule has 0 heterocycles. The number of unbranched alkanes of at least 4 members (excludes halogenated alkanes) is 1. The maximum absolute atomic E-state index is 5.24. The maximum Gasteiger partial charge on any atom is 0.0797 e. The predicted octanol–water partition coefficient (Wildman–Crippen LogP) is 2.95. The minimum absolute atomic E-state index is 0.861. The Morgan fingerprint density at radius 3 is 2.64 bits per heavy atom. The molecular formula is C12H17NS. The highest BCUT2D eigenvalue weighted by Gasteiger charge is 1.96. The fraction of sp³-hybridized carbons (Fsp3) is 0.417. The van der Waals surface area contributed by atoms with Crippen molar-refractivity contribution in [3.8, 4) is 0 Å². The standard InChI is InChI=1S/C12H17NS/c1-2-3-9-13-12(14)10-11-7-5-4-6-8-11/h4-8H,2-3,9-10H2,1H3,(H,13,14). The molecule has 0 aliphatic carbocycles. The van der Waals surface area contributed by atoms with E-state index < -0.39 is 0 Å². The highest BCUT2D eigenvalue weighted by atomic mass is 32.1. The Hall–Kier alpha value is -0.890. The van der Waals surface area contributed by atoms with Crippen LogP contribution in [0.2, 0.25) is 0 Å². The third-order valence-electron chi connectivity index (χ3n) is 2.06. The highest BCUT2D eigenvalue weighted by Crippen LogP contribution is 2.00. The summed E-state index contributed by atoms with van der Waals surface area (Å²) in [5.74, 6) is 0. The summed E-state index contributed by atoms with van der Waals surface area (Å²) in [7, 11) is 0. The van der Waals surface area contributed by atoms with Crippen LogP contribution < -0.4 is 5.32 Å². The van der Waals surface area contributed by atoms with E-state index in [-0.39, 0.29) is 0 Å². The van der Waals surface area contributed by atoms with E-state index in [1.807, 2.05) is 18.2 Å². The molecule has 14 heavy (non-hydrogen) atoms. The van der Waals surface area contributed by atoms with Gasteiger partial charge in [0.15, 0.2) is 0 Å². The molecule has 0 spiro atoms. The quantitative estimate of drug-likeness (QED) is 0.588. The van der Waals surface area contributed by atoms with Crippen LogP contribution >= 0.6 is 12.2 Å². The van der Waals surface area contributed by atoms with Crippen LogP contribution in [-0.4, -0.2) is 11.5 Å². The Kier molecular flexibility index (Phi) is 5.23. The van der Waals surface area contributed by atoms with Crippen LogP contribution in [0.3, 0.4) is 0 Å². The van der Waals surface area contributed by atoms with Gasteiger partial charge in [-0.25, -0.2) is 0 Å². The largest absolute Gasteiger partial charge is 0.379 e. The number of thiocarbonyl (C=S) groups is 1. The molecule has 1 N–H and O–H groups in total. The number of benzene rings is 1. The minimum Gasteiger partial charge on any atom is -0.379 e. The first-order chi connectivity index (χ1) is 6.83. The van der Waals surface area contributed by atoms with Gasteiger partial charge in [0.05, 0.1) is 4.99 Å². The van der Waals surface area contributed by atoms with Gasteiger partial charge in [0.2, 0.25) is 0 Å². The third kappa shape index (κ3) is 4.38. The maximum atomic E-state index is 5.24. The average molecular weight is 207 g/mol. The van der Waals surface area contributed by atoms with Gasteiger partial charge in [-0.3, -0.25) is 0 Å². The lowest BCUT2D eigenvalue weighted by atomic mass is 10.1. The van der Waals surface area contributed by atoms with Gasteiger partial charge in [0.25, 0.3) is 0 Å². The molecule has 1 aromatic rings. The summed E-state index contributed by atoms with van der Waals surface area (Å²) in [5, 5.41) is 3.26. The van der Waals surface area contributed by atoms with Crippen molar-refractivity contribution in [3.05, 3.63) is 35.9 Å². The van der Waals surface area contributed by atoms with Crippen LogP contribution in [-0.2, 0) is 6.42 Å². The smallest absolute Gasteiger partial charge is 0.0797 e. The zero-order valence-electron chi connectivity index (χ0n) is 8.62. The van der Waals surface area contributed by atoms with E-state index in [4.69, 9.17) is 12.2 Å². The Labute approximate surface area is 91.5 Å². The zero-order chi connectivity index (χ0) is 10.2. The summed E-state index contributed by atoms with van der Waals surface area (Å²) in [6, 6.07) is 10.3. The molecule has 0 aliphatic heterocycles. The van der Waals surface area contributed by atoms with Crippen LogP contribution in [0.25, 0.3) is 0 Å². The van der Waals surface area contributed by atoms with Gasteiger partial charge >= 0.3 is 0 Å². The number of hydrogen-bond donors (Lipinski definition) is 1. The molecule has 76 valence electrons. The Morgan fingerprint density at radius 1 is 1.29 bits per heavy atom. The van der Waals surface area contributed by atoms with Crippen molar-refractivity contribution in [2.75, 3.05) is 6.54 Å². The molecule has 0 aromatic heterocycles. The second-order valence-electron chi connectivity index (χ2n) is 3.37. The average Bonchev–Trinajstić information content (AvgIpc) is 2.20. The van der Waals surface area contributed by atoms with E-state index in [9.17, 15) is 0 Å². The van der Waals surface area contributed by atoms with Crippen LogP contribution in [0.15, 0.2) is 30.3 Å². The second kappa shape index (κ2) is 6.55. The molecule has 2 heteroatoms. The highest BCUT2D eigenvalue weighted by molar-refractivity contribution is 7.80. The van der Waals surface area contributed by atoms with Crippen LogP contribution in [0.5, 0.6) is 0 Å². The van der Waals surface area contributed by atoms with E-state index in [2.05, 4.69) is 24.4 Å². The molecule has 0 atom stereocenters. The van der Waals surface area contributed by atoms with Crippen molar-refractivity contribution in [1.82, 2.24) is 5.32 Å². The SMILES string of the molecule is CCCCNC(=S)Cc1ccccc1. The van der Waals surface area contributed by atoms with Gasteiger partial charge in [0, 0.05) is 13.0 Å². The van der Waals surface area contributed by atoms with Crippen molar-refractivity contribution in [3.63, 3.8) is 0 Å². The van der Waals surface area contributed by atoms with Crippen LogP contribution in [0, 0.1) is 0 Å². The summed E-state index contributed by atoms with van der Waals surface area (Å²) in [4.78, 5) is 0.949. The van der Waals surface area contributed by atoms with Gasteiger partial charge in [-0.15, -0.1) is 0 Å². The lowest BCUT2D eigenvalue weighted by Gasteiger charge is -2.06. The van der Waals surface area contributed by atoms with Crippen molar-refractivity contribution in [2.45, 2.75) is 26.2 Å². The van der Waals surface area contributed by atoms with Gasteiger partial charge in [-0.2, -0.15) is 0 Å². The lowest BCUT2D eigenvalue weighted by molar-refractivity contribution is 0.754. The predicted molar refractivity (Wildman–Crippen MR) is 65.7 cm³/mol. The Balaban J connectivity index is 2.27. The molecule has 0 amide bonds. The summed E-state index contributed by atoms with van der Waals surface area (Å²) in [5.41, 5.74) is 1.28. The zero-order valence-corrected chi connectivity index (χ0v) is 9.44. The van der Waals surface area contributed by atoms with E-state index in [0.717, 1.165) is 18.0 Å². The molecule has 0 radical (unpaired) electrons. The van der Waals surface area contributed by atoms with E-state index in [1.54, 1.807) is 0 Å². The third-order valence-corrected chi connectivity index (χ3v) is 2.35. The normalized spacial score (nSPS) is 9.79. The molecule has 0 bridgehead atoms. The Morgan fingerprint density at radius 2 is 2.00 bits per heavy atom.